The Balaban J connectivity index is 1.59. The molecule has 0 fully saturated rings. The summed E-state index contributed by atoms with van der Waals surface area (Å²) < 4.78 is 75.3. The van der Waals surface area contributed by atoms with E-state index in [-0.39, 0.29) is 40.8 Å². The van der Waals surface area contributed by atoms with Crippen molar-refractivity contribution >= 4 is 33.7 Å². The number of amides is 2. The molecule has 0 saturated carbocycles. The van der Waals surface area contributed by atoms with Gasteiger partial charge in [0.15, 0.2) is 0 Å². The minimum atomic E-state index is -4.23. The Morgan fingerprint density at radius 2 is 1.54 bits per heavy atom. The lowest BCUT2D eigenvalue weighted by atomic mass is 9.89. The molecule has 4 aromatic rings. The van der Waals surface area contributed by atoms with E-state index in [2.05, 4.69) is 37.5 Å². The van der Waals surface area contributed by atoms with Crippen LogP contribution in [0.2, 0.25) is 0 Å². The highest BCUT2D eigenvalue weighted by Gasteiger charge is 2.24. The summed E-state index contributed by atoms with van der Waals surface area (Å²) in [6.07, 6.45) is 4.16. The number of carbonyl (C=O) groups is 2. The van der Waals surface area contributed by atoms with E-state index >= 15 is 8.78 Å². The van der Waals surface area contributed by atoms with Crippen LogP contribution in [0.1, 0.15) is 59.3 Å². The molecule has 0 aliphatic heterocycles. The normalized spacial score (nSPS) is 12.6. The van der Waals surface area contributed by atoms with Crippen LogP contribution in [0.5, 0.6) is 0 Å². The van der Waals surface area contributed by atoms with Gasteiger partial charge in [0, 0.05) is 23.7 Å². The van der Waals surface area contributed by atoms with E-state index in [9.17, 15) is 22.4 Å². The number of hydrogen-bond donors (Lipinski definition) is 3. The molecule has 0 heterocycles. The monoisotopic (exact) mass is 678 g/mol. The molecule has 0 aliphatic rings. The third kappa shape index (κ3) is 10.1. The summed E-state index contributed by atoms with van der Waals surface area (Å²) in [6, 6.07) is 19.4. The molecule has 4 rings (SSSR count). The average Bonchev–Trinajstić information content (AvgIpc) is 3.01. The highest BCUT2D eigenvalue weighted by Crippen LogP contribution is 2.31. The molecule has 0 saturated heterocycles. The fourth-order valence-corrected chi connectivity index (χ4v) is 5.18. The number of anilines is 1. The van der Waals surface area contributed by atoms with E-state index in [1.54, 1.807) is 31.2 Å². The Morgan fingerprint density at radius 3 is 2.15 bits per heavy atom. The maximum Gasteiger partial charge on any atom is 0.266 e. The van der Waals surface area contributed by atoms with Gasteiger partial charge in [-0.2, -0.15) is 8.42 Å². The third-order valence-electron chi connectivity index (χ3n) is 7.53. The first-order valence-corrected chi connectivity index (χ1v) is 16.8. The second-order valence-electron chi connectivity index (χ2n) is 12.6. The zero-order valence-electron chi connectivity index (χ0n) is 27.0. The van der Waals surface area contributed by atoms with Gasteiger partial charge < -0.3 is 10.6 Å². The van der Waals surface area contributed by atoms with Crippen LogP contribution in [0.4, 0.5) is 18.9 Å². The molecular formula is C37H37F3N2O5S. The largest absolute Gasteiger partial charge is 0.351 e. The molecule has 2 amide bonds. The number of carbonyl (C=O) groups excluding carboxylic acids is 2. The number of nitrogens with one attached hydrogen (secondary N) is 2. The highest BCUT2D eigenvalue weighted by atomic mass is 32.2. The molecule has 11 heteroatoms. The topological polar surface area (TPSA) is 113 Å². The summed E-state index contributed by atoms with van der Waals surface area (Å²) in [7, 11) is -4.23. The van der Waals surface area contributed by atoms with Crippen molar-refractivity contribution in [1.29, 1.82) is 0 Å². The van der Waals surface area contributed by atoms with Gasteiger partial charge in [0.2, 0.25) is 5.91 Å². The predicted molar refractivity (Wildman–Crippen MR) is 182 cm³/mol. The van der Waals surface area contributed by atoms with Gasteiger partial charge in [-0.05, 0) is 70.8 Å². The summed E-state index contributed by atoms with van der Waals surface area (Å²) in [6.45, 7) is 7.49. The van der Waals surface area contributed by atoms with Crippen LogP contribution in [0.25, 0.3) is 17.2 Å². The van der Waals surface area contributed by atoms with Gasteiger partial charge in [0.1, 0.15) is 17.5 Å². The summed E-state index contributed by atoms with van der Waals surface area (Å²) >= 11 is 0. The highest BCUT2D eigenvalue weighted by molar-refractivity contribution is 7.85. The van der Waals surface area contributed by atoms with Gasteiger partial charge in [-0.1, -0.05) is 81.5 Å². The number of halogens is 3. The zero-order valence-corrected chi connectivity index (χ0v) is 27.8. The maximum atomic E-state index is 15.3. The van der Waals surface area contributed by atoms with Crippen LogP contribution < -0.4 is 10.6 Å². The minimum absolute atomic E-state index is 0.0385. The lowest BCUT2D eigenvalue weighted by Gasteiger charge is -2.19. The molecule has 0 aromatic heterocycles. The molecule has 1 unspecified atom stereocenters. The second-order valence-corrected chi connectivity index (χ2v) is 14.2. The van der Waals surface area contributed by atoms with Crippen molar-refractivity contribution in [3.63, 3.8) is 0 Å². The number of hydrogen-bond acceptors (Lipinski definition) is 4. The number of benzene rings is 4. The minimum Gasteiger partial charge on any atom is -0.351 e. The summed E-state index contributed by atoms with van der Waals surface area (Å²) in [5, 5.41) is 4.93. The first kappa shape index (κ1) is 36.1. The molecular weight excluding hydrogens is 641 g/mol. The van der Waals surface area contributed by atoms with Gasteiger partial charge >= 0.3 is 0 Å². The van der Waals surface area contributed by atoms with E-state index in [0.29, 0.717) is 16.7 Å². The second kappa shape index (κ2) is 15.0. The standard InChI is InChI=1S/C37H37F3N2O5S/c1-23-5-10-28(20-31(23)38)29-21-33(40)34(22-32(29)39)42-36(44)30(26-11-6-24(7-12-26)15-16-37(2,3)4)19-25-8-13-27(14-9-25)35(43)41-17-18-48(45,46)47/h5-16,20-22,30H,17-19H2,1-4H3,(H,41,43)(H,42,44)(H,45,46,47). The lowest BCUT2D eigenvalue weighted by Crippen LogP contribution is -2.28. The Bertz CT molecular complexity index is 1940. The van der Waals surface area contributed by atoms with E-state index in [1.165, 1.54) is 24.3 Å². The molecule has 0 radical (unpaired) electrons. The number of rotatable bonds is 11. The lowest BCUT2D eigenvalue weighted by molar-refractivity contribution is -0.117. The van der Waals surface area contributed by atoms with Gasteiger partial charge in [-0.3, -0.25) is 14.1 Å². The van der Waals surface area contributed by atoms with Crippen molar-refractivity contribution < 1.29 is 35.7 Å². The fraction of sp³-hybridized carbons (Fsp3) is 0.243. The Morgan fingerprint density at radius 1 is 0.875 bits per heavy atom. The van der Waals surface area contributed by atoms with Crippen molar-refractivity contribution in [3.05, 3.63) is 130 Å². The number of allylic oxidation sites excluding steroid dienone is 1. The van der Waals surface area contributed by atoms with Crippen LogP contribution in [0.15, 0.2) is 84.9 Å². The maximum absolute atomic E-state index is 15.3. The molecule has 1 atom stereocenters. The molecule has 4 aromatic carbocycles. The summed E-state index contributed by atoms with van der Waals surface area (Å²) in [4.78, 5) is 26.1. The summed E-state index contributed by atoms with van der Waals surface area (Å²) in [5.41, 5.74) is 2.36. The van der Waals surface area contributed by atoms with Crippen molar-refractivity contribution in [2.45, 2.75) is 40.0 Å². The van der Waals surface area contributed by atoms with Gasteiger partial charge in [0.05, 0.1) is 17.4 Å². The van der Waals surface area contributed by atoms with Crippen LogP contribution in [-0.2, 0) is 21.3 Å². The Labute approximate surface area is 278 Å². The van der Waals surface area contributed by atoms with Crippen molar-refractivity contribution in [3.8, 4) is 11.1 Å². The van der Waals surface area contributed by atoms with Crippen molar-refractivity contribution in [2.24, 2.45) is 5.41 Å². The van der Waals surface area contributed by atoms with E-state index in [4.69, 9.17) is 4.55 Å². The van der Waals surface area contributed by atoms with Crippen molar-refractivity contribution in [2.75, 3.05) is 17.6 Å². The summed E-state index contributed by atoms with van der Waals surface area (Å²) in [5.74, 6) is -4.93. The van der Waals surface area contributed by atoms with Crippen LogP contribution >= 0.6 is 0 Å². The number of aryl methyl sites for hydroxylation is 1. The molecule has 3 N–H and O–H groups in total. The molecule has 0 bridgehead atoms. The Hall–Kier alpha value is -4.74. The van der Waals surface area contributed by atoms with Gasteiger partial charge in [0.25, 0.3) is 16.0 Å². The van der Waals surface area contributed by atoms with Crippen LogP contribution in [-0.4, -0.2) is 37.1 Å². The third-order valence-corrected chi connectivity index (χ3v) is 8.25. The Kier molecular flexibility index (Phi) is 11.3. The van der Waals surface area contributed by atoms with Gasteiger partial charge in [-0.25, -0.2) is 13.2 Å². The van der Waals surface area contributed by atoms with Gasteiger partial charge in [-0.15, -0.1) is 0 Å². The predicted octanol–water partition coefficient (Wildman–Crippen LogP) is 7.72. The smallest absolute Gasteiger partial charge is 0.266 e. The van der Waals surface area contributed by atoms with Crippen molar-refractivity contribution in [1.82, 2.24) is 5.32 Å². The van der Waals surface area contributed by atoms with E-state index < -0.39 is 51.1 Å². The molecule has 7 nitrogen and oxygen atoms in total. The first-order chi connectivity index (χ1) is 22.5. The van der Waals surface area contributed by atoms with Crippen LogP contribution in [0.3, 0.4) is 0 Å². The quantitative estimate of drug-likeness (QED) is 0.141. The van der Waals surface area contributed by atoms with E-state index in [0.717, 1.165) is 23.8 Å². The molecule has 0 aliphatic carbocycles. The molecule has 0 spiro atoms. The van der Waals surface area contributed by atoms with E-state index in [1.807, 2.05) is 18.2 Å². The molecule has 48 heavy (non-hydrogen) atoms. The zero-order chi connectivity index (χ0) is 35.2. The van der Waals surface area contributed by atoms with Crippen LogP contribution in [0, 0.1) is 29.8 Å². The molecule has 252 valence electrons. The SMILES string of the molecule is Cc1ccc(-c2cc(F)c(NC(=O)C(Cc3ccc(C(=O)NCCS(=O)(=O)O)cc3)c3ccc(C=CC(C)(C)C)cc3)cc2F)cc1F. The first-order valence-electron chi connectivity index (χ1n) is 15.2. The fourth-order valence-electron chi connectivity index (χ4n) is 4.82. The average molecular weight is 679 g/mol.